The summed E-state index contributed by atoms with van der Waals surface area (Å²) < 4.78 is 0.751. The predicted molar refractivity (Wildman–Crippen MR) is 107 cm³/mol. The second-order valence-corrected chi connectivity index (χ2v) is 7.27. The number of benzene rings is 1. The Balaban J connectivity index is 0.000000326. The maximum atomic E-state index is 8.20. The van der Waals surface area contributed by atoms with Crippen molar-refractivity contribution in [3.63, 3.8) is 0 Å². The number of thiazole rings is 1. The van der Waals surface area contributed by atoms with Crippen molar-refractivity contribution in [2.45, 2.75) is 37.1 Å². The van der Waals surface area contributed by atoms with Crippen LogP contribution in [0.4, 0.5) is 10.9 Å². The van der Waals surface area contributed by atoms with E-state index < -0.39 is 0 Å². The van der Waals surface area contributed by atoms with Gasteiger partial charge in [0.2, 0.25) is 0 Å². The number of nitrogen functional groups attached to an aromatic ring is 2. The van der Waals surface area contributed by atoms with Crippen molar-refractivity contribution in [1.82, 2.24) is 15.0 Å². The molecule has 0 bridgehead atoms. The first-order valence-electron chi connectivity index (χ1n) is 8.11. The van der Waals surface area contributed by atoms with Crippen LogP contribution in [0, 0.1) is 0 Å². The van der Waals surface area contributed by atoms with Crippen LogP contribution in [-0.2, 0) is 5.75 Å². The largest absolute Gasteiger partial charge is 0.396 e. The van der Waals surface area contributed by atoms with Crippen LogP contribution >= 0.6 is 23.1 Å². The standard InChI is InChI=1S/C12H11N5S2.C5H12O/c13-9-8-10(16-11(14)19-8)17-12(15-9)18-6-7-4-2-1-3-5-7;1-2-3-4-5-6/h1-5H,6H2,(H4,13,14,15,16,17);6H,2-5H2,1H3. The molecule has 134 valence electrons. The van der Waals surface area contributed by atoms with Crippen molar-refractivity contribution in [1.29, 1.82) is 0 Å². The van der Waals surface area contributed by atoms with Crippen LogP contribution in [0.15, 0.2) is 35.5 Å². The molecule has 0 saturated carbocycles. The Hall–Kier alpha value is -1.90. The monoisotopic (exact) mass is 377 g/mol. The number of nitrogens with two attached hydrogens (primary N) is 2. The van der Waals surface area contributed by atoms with E-state index in [2.05, 4.69) is 34.0 Å². The number of thioether (sulfide) groups is 1. The molecule has 0 saturated heterocycles. The number of unbranched alkanes of at least 4 members (excludes halogenated alkanes) is 2. The fourth-order valence-electron chi connectivity index (χ4n) is 1.99. The van der Waals surface area contributed by atoms with Crippen LogP contribution in [0.5, 0.6) is 0 Å². The molecule has 2 aromatic heterocycles. The second kappa shape index (κ2) is 10.2. The molecule has 6 nitrogen and oxygen atoms in total. The number of hydrogen-bond acceptors (Lipinski definition) is 8. The van der Waals surface area contributed by atoms with Crippen LogP contribution in [0.1, 0.15) is 31.7 Å². The molecule has 0 amide bonds. The van der Waals surface area contributed by atoms with E-state index in [9.17, 15) is 0 Å². The fraction of sp³-hybridized carbons (Fsp3) is 0.353. The molecular weight excluding hydrogens is 354 g/mol. The lowest BCUT2D eigenvalue weighted by Crippen LogP contribution is -1.95. The topological polar surface area (TPSA) is 111 Å². The van der Waals surface area contributed by atoms with Crippen molar-refractivity contribution in [3.8, 4) is 0 Å². The highest BCUT2D eigenvalue weighted by molar-refractivity contribution is 7.98. The van der Waals surface area contributed by atoms with Gasteiger partial charge in [-0.25, -0.2) is 15.0 Å². The van der Waals surface area contributed by atoms with Gasteiger partial charge in [-0.3, -0.25) is 0 Å². The van der Waals surface area contributed by atoms with Crippen molar-refractivity contribution in [3.05, 3.63) is 35.9 Å². The number of nitrogens with zero attached hydrogens (tertiary/aromatic N) is 3. The highest BCUT2D eigenvalue weighted by Gasteiger charge is 2.10. The van der Waals surface area contributed by atoms with Gasteiger partial charge in [-0.1, -0.05) is 73.2 Å². The van der Waals surface area contributed by atoms with Gasteiger partial charge in [0.1, 0.15) is 10.5 Å². The van der Waals surface area contributed by atoms with Gasteiger partial charge in [0, 0.05) is 12.4 Å². The smallest absolute Gasteiger partial charge is 0.191 e. The van der Waals surface area contributed by atoms with Crippen LogP contribution in [-0.4, -0.2) is 26.7 Å². The lowest BCUT2D eigenvalue weighted by Gasteiger charge is -2.01. The molecule has 0 radical (unpaired) electrons. The molecular formula is C17H23N5OS2. The molecule has 25 heavy (non-hydrogen) atoms. The molecule has 0 aliphatic rings. The summed E-state index contributed by atoms with van der Waals surface area (Å²) in [6.07, 6.45) is 3.33. The number of anilines is 2. The molecule has 1 aromatic carbocycles. The molecule has 0 spiro atoms. The Morgan fingerprint density at radius 2 is 1.84 bits per heavy atom. The average Bonchev–Trinajstić information content (AvgIpc) is 3.00. The van der Waals surface area contributed by atoms with Crippen LogP contribution in [0.2, 0.25) is 0 Å². The third-order valence-corrected chi connectivity index (χ3v) is 5.06. The molecule has 5 N–H and O–H groups in total. The third kappa shape index (κ3) is 6.15. The maximum absolute atomic E-state index is 8.20. The average molecular weight is 378 g/mol. The lowest BCUT2D eigenvalue weighted by atomic mass is 10.2. The van der Waals surface area contributed by atoms with Crippen molar-refractivity contribution in [2.75, 3.05) is 18.1 Å². The highest BCUT2D eigenvalue weighted by Crippen LogP contribution is 2.29. The SMILES string of the molecule is CCCCCO.Nc1nc2nc(SCc3ccccc3)nc(N)c2s1. The van der Waals surface area contributed by atoms with Crippen molar-refractivity contribution in [2.24, 2.45) is 0 Å². The first kappa shape index (κ1) is 19.4. The zero-order chi connectivity index (χ0) is 18.1. The summed E-state index contributed by atoms with van der Waals surface area (Å²) in [5.41, 5.74) is 13.3. The normalized spacial score (nSPS) is 10.5. The zero-order valence-electron chi connectivity index (χ0n) is 14.2. The number of fused-ring (bicyclic) bond motifs is 1. The molecule has 3 rings (SSSR count). The Morgan fingerprint density at radius 3 is 2.48 bits per heavy atom. The Bertz CT molecular complexity index is 775. The highest BCUT2D eigenvalue weighted by atomic mass is 32.2. The molecule has 0 atom stereocenters. The number of hydrogen-bond donors (Lipinski definition) is 3. The fourth-order valence-corrected chi connectivity index (χ4v) is 3.46. The molecule has 2 heterocycles. The van der Waals surface area contributed by atoms with Crippen LogP contribution in [0.25, 0.3) is 10.3 Å². The van der Waals surface area contributed by atoms with Gasteiger partial charge < -0.3 is 16.6 Å². The quantitative estimate of drug-likeness (QED) is 0.341. The van der Waals surface area contributed by atoms with E-state index in [0.717, 1.165) is 23.3 Å². The minimum Gasteiger partial charge on any atom is -0.396 e. The summed E-state index contributed by atoms with van der Waals surface area (Å²) in [7, 11) is 0. The van der Waals surface area contributed by atoms with Gasteiger partial charge in [-0.05, 0) is 12.0 Å². The molecule has 0 unspecified atom stereocenters. The molecule has 3 aromatic rings. The van der Waals surface area contributed by atoms with Gasteiger partial charge in [0.25, 0.3) is 0 Å². The van der Waals surface area contributed by atoms with E-state index in [1.807, 2.05) is 18.2 Å². The summed E-state index contributed by atoms with van der Waals surface area (Å²) >= 11 is 2.84. The van der Waals surface area contributed by atoms with E-state index in [-0.39, 0.29) is 0 Å². The van der Waals surface area contributed by atoms with E-state index in [1.54, 1.807) is 0 Å². The Morgan fingerprint density at radius 1 is 1.08 bits per heavy atom. The molecule has 0 fully saturated rings. The molecule has 8 heteroatoms. The summed E-state index contributed by atoms with van der Waals surface area (Å²) in [6.45, 7) is 2.48. The number of aliphatic hydroxyl groups excluding tert-OH is 1. The minimum absolute atomic E-state index is 0.355. The number of aliphatic hydroxyl groups is 1. The Labute approximate surface area is 155 Å². The number of rotatable bonds is 6. The van der Waals surface area contributed by atoms with Crippen LogP contribution in [0.3, 0.4) is 0 Å². The summed E-state index contributed by atoms with van der Waals surface area (Å²) in [5.74, 6) is 1.24. The summed E-state index contributed by atoms with van der Waals surface area (Å²) in [4.78, 5) is 12.8. The Kier molecular flexibility index (Phi) is 7.90. The van der Waals surface area contributed by atoms with Crippen molar-refractivity contribution >= 4 is 44.4 Å². The minimum atomic E-state index is 0.355. The number of aromatic nitrogens is 3. The van der Waals surface area contributed by atoms with Gasteiger partial charge in [0.05, 0.1) is 0 Å². The van der Waals surface area contributed by atoms with Crippen LogP contribution < -0.4 is 11.5 Å². The summed E-state index contributed by atoms with van der Waals surface area (Å²) in [6, 6.07) is 10.1. The second-order valence-electron chi connectivity index (χ2n) is 5.30. The maximum Gasteiger partial charge on any atom is 0.191 e. The van der Waals surface area contributed by atoms with Crippen molar-refractivity contribution < 1.29 is 5.11 Å². The summed E-state index contributed by atoms with van der Waals surface area (Å²) in [5, 5.41) is 9.28. The van der Waals surface area contributed by atoms with Gasteiger partial charge >= 0.3 is 0 Å². The van der Waals surface area contributed by atoms with Gasteiger partial charge in [-0.15, -0.1) is 0 Å². The predicted octanol–water partition coefficient (Wildman–Crippen LogP) is 3.71. The van der Waals surface area contributed by atoms with Gasteiger partial charge in [0.15, 0.2) is 15.9 Å². The third-order valence-electron chi connectivity index (χ3n) is 3.25. The zero-order valence-corrected chi connectivity index (χ0v) is 15.8. The van der Waals surface area contributed by atoms with E-state index >= 15 is 0 Å². The molecule has 0 aliphatic carbocycles. The first-order valence-corrected chi connectivity index (χ1v) is 9.91. The van der Waals surface area contributed by atoms with E-state index in [1.165, 1.54) is 35.1 Å². The lowest BCUT2D eigenvalue weighted by molar-refractivity contribution is 0.284. The first-order chi connectivity index (χ1) is 12.1. The van der Waals surface area contributed by atoms with E-state index in [0.29, 0.717) is 28.4 Å². The molecule has 0 aliphatic heterocycles. The van der Waals surface area contributed by atoms with E-state index in [4.69, 9.17) is 16.6 Å². The van der Waals surface area contributed by atoms with Gasteiger partial charge in [-0.2, -0.15) is 0 Å².